The third-order valence-electron chi connectivity index (χ3n) is 4.56. The fraction of sp³-hybridized carbons (Fsp3) is 0.708. The van der Waals surface area contributed by atoms with Crippen LogP contribution in [0.1, 0.15) is 97.8 Å². The van der Waals surface area contributed by atoms with Crippen molar-refractivity contribution >= 4 is 5.97 Å². The molecule has 0 radical (unpaired) electrons. The van der Waals surface area contributed by atoms with Crippen molar-refractivity contribution in [3.05, 3.63) is 36.5 Å². The van der Waals surface area contributed by atoms with Crippen LogP contribution in [0.25, 0.3) is 0 Å². The third-order valence-corrected chi connectivity index (χ3v) is 4.56. The van der Waals surface area contributed by atoms with Gasteiger partial charge in [-0.1, -0.05) is 89.3 Å². The first kappa shape index (κ1) is 24.7. The van der Waals surface area contributed by atoms with Crippen LogP contribution in [0.3, 0.4) is 0 Å². The van der Waals surface area contributed by atoms with Gasteiger partial charge in [-0.05, 0) is 50.9 Å². The molecule has 0 saturated heterocycles. The Bertz CT molecular complexity index is 404. The van der Waals surface area contributed by atoms with E-state index >= 15 is 0 Å². The van der Waals surface area contributed by atoms with Crippen LogP contribution in [0.15, 0.2) is 36.5 Å². The Labute approximate surface area is 162 Å². The lowest BCUT2D eigenvalue weighted by Gasteiger charge is -2.14. The first-order valence-electron chi connectivity index (χ1n) is 10.8. The summed E-state index contributed by atoms with van der Waals surface area (Å²) in [5, 5.41) is 9.23. The quantitative estimate of drug-likeness (QED) is 0.212. The highest BCUT2D eigenvalue weighted by Gasteiger charge is 2.17. The van der Waals surface area contributed by atoms with E-state index in [1.807, 2.05) is 0 Å². The van der Waals surface area contributed by atoms with E-state index in [0.717, 1.165) is 38.5 Å². The molecule has 0 saturated carbocycles. The van der Waals surface area contributed by atoms with E-state index in [1.165, 1.54) is 38.5 Å². The van der Waals surface area contributed by atoms with E-state index in [2.05, 4.69) is 57.2 Å². The van der Waals surface area contributed by atoms with E-state index in [1.54, 1.807) is 0 Å². The lowest BCUT2D eigenvalue weighted by atomic mass is 9.92. The molecule has 150 valence electrons. The van der Waals surface area contributed by atoms with Crippen molar-refractivity contribution in [1.29, 1.82) is 0 Å². The normalized spacial score (nSPS) is 13.5. The third kappa shape index (κ3) is 17.5. The summed E-state index contributed by atoms with van der Waals surface area (Å²) < 4.78 is 0. The van der Waals surface area contributed by atoms with E-state index in [9.17, 15) is 9.90 Å². The average molecular weight is 363 g/mol. The summed E-state index contributed by atoms with van der Waals surface area (Å²) >= 11 is 0. The number of rotatable bonds is 17. The van der Waals surface area contributed by atoms with Crippen LogP contribution in [-0.4, -0.2) is 11.1 Å². The smallest absolute Gasteiger partial charge is 0.306 e. The second kappa shape index (κ2) is 18.5. The molecule has 0 aromatic carbocycles. The van der Waals surface area contributed by atoms with Crippen LogP contribution in [0.4, 0.5) is 0 Å². The predicted molar refractivity (Wildman–Crippen MR) is 114 cm³/mol. The Hall–Kier alpha value is -1.31. The number of carbonyl (C=O) groups is 1. The monoisotopic (exact) mass is 362 g/mol. The Morgan fingerprint density at radius 1 is 0.808 bits per heavy atom. The van der Waals surface area contributed by atoms with Gasteiger partial charge in [0.2, 0.25) is 0 Å². The highest BCUT2D eigenvalue weighted by Crippen LogP contribution is 2.19. The summed E-state index contributed by atoms with van der Waals surface area (Å²) in [5.74, 6) is -0.285. The van der Waals surface area contributed by atoms with Gasteiger partial charge in [-0.25, -0.2) is 0 Å². The lowest BCUT2D eigenvalue weighted by Crippen LogP contribution is -2.15. The molecule has 26 heavy (non-hydrogen) atoms. The van der Waals surface area contributed by atoms with Crippen LogP contribution < -0.4 is 0 Å². The van der Waals surface area contributed by atoms with Crippen LogP contribution >= 0.6 is 0 Å². The van der Waals surface area contributed by atoms with Gasteiger partial charge in [0.15, 0.2) is 0 Å². The van der Waals surface area contributed by atoms with Gasteiger partial charge in [0.1, 0.15) is 0 Å². The molecule has 1 N–H and O–H groups in total. The zero-order valence-electron chi connectivity index (χ0n) is 17.5. The molecule has 0 aromatic heterocycles. The van der Waals surface area contributed by atoms with Gasteiger partial charge in [-0.15, -0.1) is 0 Å². The second-order valence-corrected chi connectivity index (χ2v) is 7.66. The number of carboxylic acid groups (broad SMARTS) is 1. The fourth-order valence-electron chi connectivity index (χ4n) is 3.10. The summed E-state index contributed by atoms with van der Waals surface area (Å²) in [6.45, 7) is 6.36. The van der Waals surface area contributed by atoms with Gasteiger partial charge in [0, 0.05) is 0 Å². The molecule has 2 nitrogen and oxygen atoms in total. The van der Waals surface area contributed by atoms with E-state index in [-0.39, 0.29) is 5.92 Å². The highest BCUT2D eigenvalue weighted by atomic mass is 16.4. The maximum atomic E-state index is 11.2. The van der Waals surface area contributed by atoms with Gasteiger partial charge in [0.05, 0.1) is 5.92 Å². The number of unbranched alkanes of at least 4 members (excludes halogenated alkanes) is 6. The Balaban J connectivity index is 3.46. The van der Waals surface area contributed by atoms with E-state index < -0.39 is 5.97 Å². The number of hydrogen-bond acceptors (Lipinski definition) is 1. The molecule has 0 bridgehead atoms. The SMILES string of the molecule is CC/C=C\C/C=C\C/C=C\CCCCCCCCC(CC(C)C)C(=O)O. The molecule has 1 unspecified atom stereocenters. The molecule has 2 heteroatoms. The van der Waals surface area contributed by atoms with E-state index in [4.69, 9.17) is 0 Å². The molecule has 0 rings (SSSR count). The largest absolute Gasteiger partial charge is 0.481 e. The van der Waals surface area contributed by atoms with E-state index in [0.29, 0.717) is 5.92 Å². The molecule has 0 aliphatic heterocycles. The van der Waals surface area contributed by atoms with Gasteiger partial charge in [-0.2, -0.15) is 0 Å². The van der Waals surface area contributed by atoms with Gasteiger partial charge >= 0.3 is 5.97 Å². The van der Waals surface area contributed by atoms with Crippen LogP contribution in [-0.2, 0) is 4.79 Å². The number of carboxylic acids is 1. The Kier molecular flexibility index (Phi) is 17.5. The van der Waals surface area contributed by atoms with Crippen molar-refractivity contribution < 1.29 is 9.90 Å². The van der Waals surface area contributed by atoms with Crippen LogP contribution in [0, 0.1) is 11.8 Å². The molecule has 0 fully saturated rings. The van der Waals surface area contributed by atoms with Crippen LogP contribution in [0.2, 0.25) is 0 Å². The first-order chi connectivity index (χ1) is 12.6. The van der Waals surface area contributed by atoms with Crippen molar-refractivity contribution in [2.45, 2.75) is 97.8 Å². The molecule has 0 aromatic rings. The Morgan fingerprint density at radius 3 is 1.92 bits per heavy atom. The molecule has 0 aliphatic carbocycles. The van der Waals surface area contributed by atoms with Crippen molar-refractivity contribution in [3.8, 4) is 0 Å². The van der Waals surface area contributed by atoms with Crippen molar-refractivity contribution in [2.75, 3.05) is 0 Å². The lowest BCUT2D eigenvalue weighted by molar-refractivity contribution is -0.142. The van der Waals surface area contributed by atoms with Gasteiger partial charge < -0.3 is 5.11 Å². The predicted octanol–water partition coefficient (Wildman–Crippen LogP) is 7.71. The number of aliphatic carboxylic acids is 1. The van der Waals surface area contributed by atoms with Crippen molar-refractivity contribution in [3.63, 3.8) is 0 Å². The summed E-state index contributed by atoms with van der Waals surface area (Å²) in [6.07, 6.45) is 26.8. The minimum atomic E-state index is -0.613. The number of allylic oxidation sites excluding steroid dienone is 6. The van der Waals surface area contributed by atoms with Gasteiger partial charge in [-0.3, -0.25) is 4.79 Å². The fourth-order valence-corrected chi connectivity index (χ4v) is 3.10. The highest BCUT2D eigenvalue weighted by molar-refractivity contribution is 5.69. The molecular formula is C24H42O2. The molecule has 0 aliphatic rings. The zero-order chi connectivity index (χ0) is 19.5. The summed E-state index contributed by atoms with van der Waals surface area (Å²) in [4.78, 5) is 11.2. The summed E-state index contributed by atoms with van der Waals surface area (Å²) in [7, 11) is 0. The topological polar surface area (TPSA) is 37.3 Å². The van der Waals surface area contributed by atoms with Crippen molar-refractivity contribution in [1.82, 2.24) is 0 Å². The maximum absolute atomic E-state index is 11.2. The van der Waals surface area contributed by atoms with Crippen molar-refractivity contribution in [2.24, 2.45) is 11.8 Å². The summed E-state index contributed by atoms with van der Waals surface area (Å²) in [5.41, 5.74) is 0. The molecule has 0 amide bonds. The standard InChI is InChI=1S/C24H42O2/c1-4-5-6-7-8-9-10-11-12-13-14-15-16-17-18-19-20-23(24(25)26)21-22(2)3/h5-6,8-9,11-12,22-23H,4,7,10,13-21H2,1-3H3,(H,25,26)/b6-5-,9-8-,12-11-. The first-order valence-corrected chi connectivity index (χ1v) is 10.8. The molecule has 0 heterocycles. The summed E-state index contributed by atoms with van der Waals surface area (Å²) in [6, 6.07) is 0. The zero-order valence-corrected chi connectivity index (χ0v) is 17.5. The number of hydrogen-bond donors (Lipinski definition) is 1. The maximum Gasteiger partial charge on any atom is 0.306 e. The minimum absolute atomic E-state index is 0.142. The van der Waals surface area contributed by atoms with Gasteiger partial charge in [0.25, 0.3) is 0 Å². The second-order valence-electron chi connectivity index (χ2n) is 7.66. The average Bonchev–Trinajstić information content (AvgIpc) is 2.59. The molecule has 1 atom stereocenters. The minimum Gasteiger partial charge on any atom is -0.481 e. The van der Waals surface area contributed by atoms with Crippen LogP contribution in [0.5, 0.6) is 0 Å². The molecule has 0 spiro atoms. The Morgan fingerprint density at radius 2 is 1.35 bits per heavy atom. The molecular weight excluding hydrogens is 320 g/mol.